The van der Waals surface area contributed by atoms with Gasteiger partial charge in [0.2, 0.25) is 0 Å². The molecule has 11 heavy (non-hydrogen) atoms. The van der Waals surface area contributed by atoms with Crippen molar-refractivity contribution < 1.29 is 14.6 Å². The van der Waals surface area contributed by atoms with E-state index in [2.05, 4.69) is 0 Å². The Labute approximate surface area is 66.4 Å². The van der Waals surface area contributed by atoms with Crippen LogP contribution in [0.1, 0.15) is 27.2 Å². The maximum Gasteiger partial charge on any atom is 0.195 e. The van der Waals surface area contributed by atoms with Crippen molar-refractivity contribution in [2.45, 2.75) is 38.4 Å². The highest BCUT2D eigenvalue weighted by atomic mass is 16.5. The SMILES string of the molecule is CC1(O)CCOC(C)(C)C1=O. The minimum Gasteiger partial charge on any atom is -0.382 e. The van der Waals surface area contributed by atoms with Gasteiger partial charge in [-0.05, 0) is 20.8 Å². The zero-order chi connectivity index (χ0) is 8.70. The monoisotopic (exact) mass is 158 g/mol. The molecule has 3 heteroatoms. The number of hydrogen-bond donors (Lipinski definition) is 1. The number of ketones is 1. The Kier molecular flexibility index (Phi) is 1.81. The van der Waals surface area contributed by atoms with Gasteiger partial charge in [0.25, 0.3) is 0 Å². The summed E-state index contributed by atoms with van der Waals surface area (Å²) < 4.78 is 5.20. The molecular weight excluding hydrogens is 144 g/mol. The van der Waals surface area contributed by atoms with Gasteiger partial charge >= 0.3 is 0 Å². The van der Waals surface area contributed by atoms with Crippen molar-refractivity contribution in [2.24, 2.45) is 0 Å². The molecule has 1 heterocycles. The Hall–Kier alpha value is -0.410. The number of rotatable bonds is 0. The van der Waals surface area contributed by atoms with E-state index in [1.54, 1.807) is 20.8 Å². The lowest BCUT2D eigenvalue weighted by atomic mass is 9.84. The van der Waals surface area contributed by atoms with Crippen LogP contribution in [-0.2, 0) is 9.53 Å². The first kappa shape index (κ1) is 8.68. The molecule has 1 atom stereocenters. The molecule has 0 aromatic heterocycles. The number of Topliss-reactive ketones (excluding diaryl/α,β-unsaturated/α-hetero) is 1. The van der Waals surface area contributed by atoms with Crippen LogP contribution in [0.2, 0.25) is 0 Å². The lowest BCUT2D eigenvalue weighted by Gasteiger charge is -2.37. The molecule has 0 saturated carbocycles. The fraction of sp³-hybridized carbons (Fsp3) is 0.875. The van der Waals surface area contributed by atoms with Gasteiger partial charge in [-0.2, -0.15) is 0 Å². The van der Waals surface area contributed by atoms with Crippen LogP contribution < -0.4 is 0 Å². The number of carbonyl (C=O) groups excluding carboxylic acids is 1. The summed E-state index contributed by atoms with van der Waals surface area (Å²) in [7, 11) is 0. The molecule has 0 aliphatic carbocycles. The predicted molar refractivity (Wildman–Crippen MR) is 40.3 cm³/mol. The zero-order valence-electron chi connectivity index (χ0n) is 7.18. The lowest BCUT2D eigenvalue weighted by Crippen LogP contribution is -2.54. The van der Waals surface area contributed by atoms with Gasteiger partial charge in [0.05, 0.1) is 6.61 Å². The van der Waals surface area contributed by atoms with Gasteiger partial charge < -0.3 is 9.84 Å². The molecule has 1 N–H and O–H groups in total. The normalized spacial score (nSPS) is 37.3. The van der Waals surface area contributed by atoms with Crippen LogP contribution in [0.3, 0.4) is 0 Å². The smallest absolute Gasteiger partial charge is 0.195 e. The quantitative estimate of drug-likeness (QED) is 0.558. The highest BCUT2D eigenvalue weighted by Gasteiger charge is 2.45. The average molecular weight is 158 g/mol. The van der Waals surface area contributed by atoms with E-state index >= 15 is 0 Å². The second-order valence-corrected chi connectivity index (χ2v) is 3.71. The third kappa shape index (κ3) is 1.44. The molecule has 0 amide bonds. The van der Waals surface area contributed by atoms with E-state index in [0.717, 1.165) is 0 Å². The molecule has 64 valence electrons. The summed E-state index contributed by atoms with van der Waals surface area (Å²) in [6.07, 6.45) is 0.398. The maximum absolute atomic E-state index is 11.4. The zero-order valence-corrected chi connectivity index (χ0v) is 7.18. The van der Waals surface area contributed by atoms with E-state index in [1.165, 1.54) is 0 Å². The van der Waals surface area contributed by atoms with E-state index in [0.29, 0.717) is 13.0 Å². The summed E-state index contributed by atoms with van der Waals surface area (Å²) in [5.41, 5.74) is -2.01. The number of ether oxygens (including phenoxy) is 1. The second kappa shape index (κ2) is 2.29. The van der Waals surface area contributed by atoms with Crippen molar-refractivity contribution in [3.63, 3.8) is 0 Å². The maximum atomic E-state index is 11.4. The Morgan fingerprint density at radius 2 is 2.00 bits per heavy atom. The largest absolute Gasteiger partial charge is 0.382 e. The van der Waals surface area contributed by atoms with Gasteiger partial charge in [-0.25, -0.2) is 0 Å². The van der Waals surface area contributed by atoms with Crippen LogP contribution in [0, 0.1) is 0 Å². The van der Waals surface area contributed by atoms with Crippen molar-refractivity contribution in [3.05, 3.63) is 0 Å². The van der Waals surface area contributed by atoms with E-state index in [1.807, 2.05) is 0 Å². The molecule has 0 radical (unpaired) electrons. The Balaban J connectivity index is 2.85. The predicted octanol–water partition coefficient (Wildman–Crippen LogP) is 0.505. The van der Waals surface area contributed by atoms with Gasteiger partial charge in [0.15, 0.2) is 5.78 Å². The third-order valence-electron chi connectivity index (χ3n) is 2.09. The lowest BCUT2D eigenvalue weighted by molar-refractivity contribution is -0.173. The van der Waals surface area contributed by atoms with E-state index in [-0.39, 0.29) is 5.78 Å². The van der Waals surface area contributed by atoms with Crippen LogP contribution in [0.4, 0.5) is 0 Å². The van der Waals surface area contributed by atoms with E-state index in [9.17, 15) is 9.90 Å². The summed E-state index contributed by atoms with van der Waals surface area (Å²) in [4.78, 5) is 11.4. The van der Waals surface area contributed by atoms with Gasteiger partial charge in [-0.15, -0.1) is 0 Å². The van der Waals surface area contributed by atoms with Crippen LogP contribution in [-0.4, -0.2) is 28.7 Å². The summed E-state index contributed by atoms with van der Waals surface area (Å²) in [5.74, 6) is -0.226. The summed E-state index contributed by atoms with van der Waals surface area (Å²) in [6.45, 7) is 5.36. The summed E-state index contributed by atoms with van der Waals surface area (Å²) >= 11 is 0. The molecule has 3 nitrogen and oxygen atoms in total. The molecular formula is C8H14O3. The van der Waals surface area contributed by atoms with Crippen molar-refractivity contribution >= 4 is 5.78 Å². The Morgan fingerprint density at radius 3 is 2.36 bits per heavy atom. The highest BCUT2D eigenvalue weighted by molar-refractivity contribution is 5.94. The molecule has 1 aliphatic heterocycles. The molecule has 1 fully saturated rings. The van der Waals surface area contributed by atoms with Crippen molar-refractivity contribution in [1.29, 1.82) is 0 Å². The third-order valence-corrected chi connectivity index (χ3v) is 2.09. The van der Waals surface area contributed by atoms with Gasteiger partial charge in [0.1, 0.15) is 11.2 Å². The first-order chi connectivity index (χ1) is 4.86. The van der Waals surface area contributed by atoms with Crippen LogP contribution in [0.15, 0.2) is 0 Å². The Bertz CT molecular complexity index is 164. The topological polar surface area (TPSA) is 46.5 Å². The van der Waals surface area contributed by atoms with E-state index in [4.69, 9.17) is 4.74 Å². The number of carbonyl (C=O) groups is 1. The summed E-state index contributed by atoms with van der Waals surface area (Å²) in [6, 6.07) is 0. The molecule has 0 bridgehead atoms. The molecule has 1 unspecified atom stereocenters. The summed E-state index contributed by atoms with van der Waals surface area (Å²) in [5, 5.41) is 9.55. The number of aliphatic hydroxyl groups is 1. The number of hydrogen-bond acceptors (Lipinski definition) is 3. The average Bonchev–Trinajstić information content (AvgIpc) is 1.82. The first-order valence-corrected chi connectivity index (χ1v) is 3.77. The molecule has 1 saturated heterocycles. The molecule has 1 aliphatic rings. The Morgan fingerprint density at radius 1 is 1.45 bits per heavy atom. The molecule has 0 spiro atoms. The van der Waals surface area contributed by atoms with Gasteiger partial charge in [0, 0.05) is 6.42 Å². The molecule has 0 aromatic rings. The second-order valence-electron chi connectivity index (χ2n) is 3.71. The van der Waals surface area contributed by atoms with Gasteiger partial charge in [-0.3, -0.25) is 4.79 Å². The first-order valence-electron chi connectivity index (χ1n) is 3.77. The van der Waals surface area contributed by atoms with Crippen LogP contribution in [0.25, 0.3) is 0 Å². The van der Waals surface area contributed by atoms with Crippen molar-refractivity contribution in [3.8, 4) is 0 Å². The van der Waals surface area contributed by atoms with E-state index < -0.39 is 11.2 Å². The minimum atomic E-state index is -1.19. The fourth-order valence-corrected chi connectivity index (χ4v) is 1.33. The van der Waals surface area contributed by atoms with Crippen molar-refractivity contribution in [1.82, 2.24) is 0 Å². The van der Waals surface area contributed by atoms with Crippen molar-refractivity contribution in [2.75, 3.05) is 6.61 Å². The molecule has 0 aromatic carbocycles. The van der Waals surface area contributed by atoms with Crippen LogP contribution in [0.5, 0.6) is 0 Å². The highest BCUT2D eigenvalue weighted by Crippen LogP contribution is 2.27. The molecule has 1 rings (SSSR count). The minimum absolute atomic E-state index is 0.226. The fourth-order valence-electron chi connectivity index (χ4n) is 1.33. The van der Waals surface area contributed by atoms with Crippen LogP contribution >= 0.6 is 0 Å². The standard InChI is InChI=1S/C8H14O3/c1-7(2)6(9)8(3,10)4-5-11-7/h10H,4-5H2,1-3H3. The van der Waals surface area contributed by atoms with Gasteiger partial charge in [-0.1, -0.05) is 0 Å².